The van der Waals surface area contributed by atoms with Gasteiger partial charge in [0.25, 0.3) is 0 Å². The van der Waals surface area contributed by atoms with Gasteiger partial charge in [-0.3, -0.25) is 9.59 Å². The van der Waals surface area contributed by atoms with E-state index in [4.69, 9.17) is 9.47 Å². The van der Waals surface area contributed by atoms with Crippen LogP contribution in [-0.2, 0) is 19.1 Å². The Morgan fingerprint density at radius 1 is 1.14 bits per heavy atom. The molecule has 28 heavy (non-hydrogen) atoms. The van der Waals surface area contributed by atoms with E-state index in [-0.39, 0.29) is 23.2 Å². The van der Waals surface area contributed by atoms with Crippen molar-refractivity contribution in [2.45, 2.75) is 64.1 Å². The number of esters is 2. The topological polar surface area (TPSA) is 93.1 Å². The summed E-state index contributed by atoms with van der Waals surface area (Å²) in [6.07, 6.45) is 2.91. The van der Waals surface area contributed by atoms with Gasteiger partial charge in [0.05, 0.1) is 37.3 Å². The zero-order chi connectivity index (χ0) is 20.7. The molecule has 0 unspecified atom stereocenters. The van der Waals surface area contributed by atoms with E-state index in [1.54, 1.807) is 0 Å². The normalized spacial score (nSPS) is 52.0. The summed E-state index contributed by atoms with van der Waals surface area (Å²) in [6, 6.07) is 0. The molecular formula is C22H32O6. The summed E-state index contributed by atoms with van der Waals surface area (Å²) in [5.74, 6) is -1.71. The third-order valence-corrected chi connectivity index (χ3v) is 9.15. The molecule has 0 heterocycles. The lowest BCUT2D eigenvalue weighted by atomic mass is 9.53. The maximum Gasteiger partial charge on any atom is 0.311 e. The molecule has 4 aliphatic rings. The van der Waals surface area contributed by atoms with Gasteiger partial charge >= 0.3 is 11.9 Å². The molecule has 4 rings (SSSR count). The standard InChI is InChI=1S/C22H32O6/c1-12-16(23)22-11-21(12,26)10-7-13(22)19(2)8-6-9-20(3,18(25)28-5)15(19)14(22)17(24)27-4/h13-16,23,26H,1,6-11H2,2-5H3/t13-,14+,15-,16+,19-,20-,21-,22+/m0/s1. The molecule has 0 saturated heterocycles. The summed E-state index contributed by atoms with van der Waals surface area (Å²) >= 11 is 0. The van der Waals surface area contributed by atoms with E-state index in [1.165, 1.54) is 14.2 Å². The van der Waals surface area contributed by atoms with Crippen molar-refractivity contribution in [3.05, 3.63) is 12.2 Å². The molecule has 8 atom stereocenters. The number of hydrogen-bond donors (Lipinski definition) is 2. The largest absolute Gasteiger partial charge is 0.469 e. The van der Waals surface area contributed by atoms with E-state index in [0.717, 1.165) is 12.8 Å². The van der Waals surface area contributed by atoms with Crippen LogP contribution in [0.2, 0.25) is 0 Å². The molecule has 4 saturated carbocycles. The van der Waals surface area contributed by atoms with Crippen LogP contribution in [0.15, 0.2) is 12.2 Å². The van der Waals surface area contributed by atoms with Gasteiger partial charge in [-0.2, -0.15) is 0 Å². The molecule has 6 nitrogen and oxygen atoms in total. The average Bonchev–Trinajstić information content (AvgIpc) is 2.99. The van der Waals surface area contributed by atoms with Crippen molar-refractivity contribution < 1.29 is 29.3 Å². The summed E-state index contributed by atoms with van der Waals surface area (Å²) in [5, 5.41) is 22.5. The van der Waals surface area contributed by atoms with E-state index in [1.807, 2.05) is 6.92 Å². The van der Waals surface area contributed by atoms with Crippen molar-refractivity contribution in [2.75, 3.05) is 14.2 Å². The molecular weight excluding hydrogens is 360 g/mol. The Bertz CT molecular complexity index is 747. The van der Waals surface area contributed by atoms with Gasteiger partial charge in [0.15, 0.2) is 0 Å². The number of fused-ring (bicyclic) bond motifs is 3. The number of carbonyl (C=O) groups is 2. The second-order valence-corrected chi connectivity index (χ2v) is 10.1. The van der Waals surface area contributed by atoms with Crippen LogP contribution in [-0.4, -0.2) is 48.1 Å². The highest BCUT2D eigenvalue weighted by atomic mass is 16.5. The summed E-state index contributed by atoms with van der Waals surface area (Å²) < 4.78 is 10.4. The lowest BCUT2D eigenvalue weighted by Crippen LogP contribution is -2.51. The Morgan fingerprint density at radius 3 is 2.43 bits per heavy atom. The van der Waals surface area contributed by atoms with Gasteiger partial charge in [0.1, 0.15) is 0 Å². The fourth-order valence-electron chi connectivity index (χ4n) is 8.22. The van der Waals surface area contributed by atoms with Gasteiger partial charge in [0, 0.05) is 5.41 Å². The first-order chi connectivity index (χ1) is 13.0. The Balaban J connectivity index is 1.97. The van der Waals surface area contributed by atoms with Gasteiger partial charge in [-0.15, -0.1) is 0 Å². The minimum absolute atomic E-state index is 0.00732. The van der Waals surface area contributed by atoms with E-state index in [2.05, 4.69) is 13.5 Å². The van der Waals surface area contributed by atoms with Crippen molar-refractivity contribution in [2.24, 2.45) is 34.0 Å². The molecule has 2 bridgehead atoms. The minimum atomic E-state index is -1.16. The first kappa shape index (κ1) is 19.9. The van der Waals surface area contributed by atoms with Crippen LogP contribution in [0.4, 0.5) is 0 Å². The van der Waals surface area contributed by atoms with Gasteiger partial charge in [-0.1, -0.05) is 19.9 Å². The highest BCUT2D eigenvalue weighted by Crippen LogP contribution is 2.78. The van der Waals surface area contributed by atoms with Crippen LogP contribution in [0.3, 0.4) is 0 Å². The van der Waals surface area contributed by atoms with Crippen molar-refractivity contribution in [1.82, 2.24) is 0 Å². The van der Waals surface area contributed by atoms with Gasteiger partial charge in [-0.25, -0.2) is 0 Å². The molecule has 6 heteroatoms. The third kappa shape index (κ3) is 2.01. The van der Waals surface area contributed by atoms with Gasteiger partial charge in [0.2, 0.25) is 0 Å². The van der Waals surface area contributed by atoms with Crippen molar-refractivity contribution in [3.8, 4) is 0 Å². The summed E-state index contributed by atoms with van der Waals surface area (Å²) in [5.41, 5.74) is -2.77. The first-order valence-electron chi connectivity index (χ1n) is 10.3. The van der Waals surface area contributed by atoms with Crippen LogP contribution in [0.1, 0.15) is 52.4 Å². The Labute approximate surface area is 166 Å². The number of methoxy groups -OCH3 is 2. The predicted octanol–water partition coefficient (Wildman–Crippen LogP) is 2.22. The molecule has 0 amide bonds. The molecule has 0 aliphatic heterocycles. The monoisotopic (exact) mass is 392 g/mol. The third-order valence-electron chi connectivity index (χ3n) is 9.15. The van der Waals surface area contributed by atoms with E-state index in [0.29, 0.717) is 31.3 Å². The number of rotatable bonds is 2. The van der Waals surface area contributed by atoms with E-state index in [9.17, 15) is 19.8 Å². The van der Waals surface area contributed by atoms with Crippen LogP contribution >= 0.6 is 0 Å². The Morgan fingerprint density at radius 2 is 1.82 bits per heavy atom. The Hall–Kier alpha value is -1.40. The zero-order valence-electron chi connectivity index (χ0n) is 17.3. The van der Waals surface area contributed by atoms with Crippen molar-refractivity contribution >= 4 is 11.9 Å². The lowest BCUT2D eigenvalue weighted by Gasteiger charge is -2.51. The highest BCUT2D eigenvalue weighted by molar-refractivity contribution is 5.81. The summed E-state index contributed by atoms with van der Waals surface area (Å²) in [6.45, 7) is 8.06. The second-order valence-electron chi connectivity index (χ2n) is 10.1. The molecule has 4 fully saturated rings. The molecule has 4 aliphatic carbocycles. The van der Waals surface area contributed by atoms with Crippen LogP contribution in [0, 0.1) is 34.0 Å². The molecule has 2 N–H and O–H groups in total. The quantitative estimate of drug-likeness (QED) is 0.553. The number of carbonyl (C=O) groups excluding carboxylic acids is 2. The van der Waals surface area contributed by atoms with Gasteiger partial charge in [-0.05, 0) is 61.9 Å². The van der Waals surface area contributed by atoms with Crippen molar-refractivity contribution in [1.29, 1.82) is 0 Å². The molecule has 0 aromatic rings. The van der Waals surface area contributed by atoms with Crippen LogP contribution < -0.4 is 0 Å². The number of ether oxygens (including phenoxy) is 2. The lowest BCUT2D eigenvalue weighted by molar-refractivity contribution is -0.171. The fraction of sp³-hybridized carbons (Fsp3) is 0.818. The number of hydrogen-bond acceptors (Lipinski definition) is 6. The molecule has 156 valence electrons. The number of aliphatic hydroxyl groups excluding tert-OH is 1. The van der Waals surface area contributed by atoms with Gasteiger partial charge < -0.3 is 19.7 Å². The fourth-order valence-corrected chi connectivity index (χ4v) is 8.22. The molecule has 0 aromatic carbocycles. The summed E-state index contributed by atoms with van der Waals surface area (Å²) in [7, 11) is 2.74. The van der Waals surface area contributed by atoms with E-state index >= 15 is 0 Å². The van der Waals surface area contributed by atoms with Crippen LogP contribution in [0.5, 0.6) is 0 Å². The highest BCUT2D eigenvalue weighted by Gasteiger charge is 2.79. The minimum Gasteiger partial charge on any atom is -0.469 e. The SMILES string of the molecule is C=C1[C@@H](O)[C@]23C[C@@]1(O)CC[C@H]2[C@]1(C)CCC[C@](C)(C(=O)OC)[C@H]1[C@@H]3C(=O)OC. The maximum atomic E-state index is 13.2. The maximum absolute atomic E-state index is 13.2. The Kier molecular flexibility index (Phi) is 4.13. The molecule has 0 aromatic heterocycles. The first-order valence-corrected chi connectivity index (χ1v) is 10.3. The van der Waals surface area contributed by atoms with Crippen LogP contribution in [0.25, 0.3) is 0 Å². The molecule has 0 radical (unpaired) electrons. The second kappa shape index (κ2) is 5.82. The average molecular weight is 392 g/mol. The predicted molar refractivity (Wildman–Crippen MR) is 101 cm³/mol. The molecule has 1 spiro atoms. The van der Waals surface area contributed by atoms with Crippen molar-refractivity contribution in [3.63, 3.8) is 0 Å². The number of aliphatic hydroxyl groups is 2. The zero-order valence-corrected chi connectivity index (χ0v) is 17.3. The summed E-state index contributed by atoms with van der Waals surface area (Å²) in [4.78, 5) is 26.2. The van der Waals surface area contributed by atoms with E-state index < -0.39 is 34.4 Å². The smallest absolute Gasteiger partial charge is 0.311 e.